The number of esters is 1. The molecule has 0 saturated heterocycles. The molecule has 0 heterocycles. The normalized spacial score (nSPS) is 16.1. The molecule has 1 atom stereocenters. The van der Waals surface area contributed by atoms with Crippen molar-refractivity contribution in [3.05, 3.63) is 59.2 Å². The number of ether oxygens (including phenoxy) is 1. The first-order valence-electron chi connectivity index (χ1n) is 11.2. The number of nitrogens with one attached hydrogen (secondary N) is 2. The van der Waals surface area contributed by atoms with Crippen molar-refractivity contribution in [2.24, 2.45) is 0 Å². The molecule has 1 amide bonds. The summed E-state index contributed by atoms with van der Waals surface area (Å²) in [5.74, 6) is -1.39. The molecule has 2 N–H and O–H groups in total. The van der Waals surface area contributed by atoms with Crippen LogP contribution in [0.5, 0.6) is 0 Å². The Kier molecular flexibility index (Phi) is 7.62. The Bertz CT molecular complexity index is 1230. The van der Waals surface area contributed by atoms with Gasteiger partial charge in [-0.1, -0.05) is 37.5 Å². The van der Waals surface area contributed by atoms with Gasteiger partial charge in [0.2, 0.25) is 0 Å². The van der Waals surface area contributed by atoms with Gasteiger partial charge in [0.1, 0.15) is 5.54 Å². The summed E-state index contributed by atoms with van der Waals surface area (Å²) in [5, 5.41) is 12.3. The van der Waals surface area contributed by atoms with Gasteiger partial charge in [0.05, 0.1) is 16.5 Å². The fourth-order valence-corrected chi connectivity index (χ4v) is 5.30. The number of hydrogen-bond donors (Lipinski definition) is 2. The Morgan fingerprint density at radius 2 is 1.79 bits per heavy atom. The molecule has 8 nitrogen and oxygen atoms in total. The molecule has 2 aromatic rings. The number of aryl methyl sites for hydroxylation is 2. The summed E-state index contributed by atoms with van der Waals surface area (Å²) in [6, 6.07) is 13.3. The molecule has 0 bridgehead atoms. The standard InChI is InChI=1S/C25H29N3O5S/c1-17-8-7-9-21(14-17)28-34(31,32)22-15-20(11-10-18(22)2)24(30)33-19(3)23(29)27-25(16-26)12-5-4-6-13-25/h7-11,14-15,19,28H,4-6,12-13H2,1-3H3,(H,27,29). The fraction of sp³-hybridized carbons (Fsp3) is 0.400. The molecular weight excluding hydrogens is 454 g/mol. The average Bonchev–Trinajstić information content (AvgIpc) is 2.79. The van der Waals surface area contributed by atoms with E-state index < -0.39 is 33.5 Å². The SMILES string of the molecule is Cc1cccc(NS(=O)(=O)c2cc(C(=O)OC(C)C(=O)NC3(C#N)CCCCC3)ccc2C)c1. The number of sulfonamides is 1. The molecule has 9 heteroatoms. The van der Waals surface area contributed by atoms with Crippen molar-refractivity contribution >= 4 is 27.6 Å². The van der Waals surface area contributed by atoms with E-state index in [-0.39, 0.29) is 10.5 Å². The number of amides is 1. The number of hydrogen-bond acceptors (Lipinski definition) is 6. The van der Waals surface area contributed by atoms with E-state index in [2.05, 4.69) is 16.1 Å². The predicted molar refractivity (Wildman–Crippen MR) is 128 cm³/mol. The molecule has 1 saturated carbocycles. The summed E-state index contributed by atoms with van der Waals surface area (Å²) in [4.78, 5) is 25.3. The number of carbonyl (C=O) groups is 2. The largest absolute Gasteiger partial charge is 0.449 e. The molecule has 3 rings (SSSR count). The Hall–Kier alpha value is -3.38. The number of nitrogens with zero attached hydrogens (tertiary/aromatic N) is 1. The molecule has 1 aliphatic rings. The topological polar surface area (TPSA) is 125 Å². The zero-order chi connectivity index (χ0) is 24.9. The van der Waals surface area contributed by atoms with Crippen LogP contribution in [0.2, 0.25) is 0 Å². The highest BCUT2D eigenvalue weighted by Gasteiger charge is 2.35. The summed E-state index contributed by atoms with van der Waals surface area (Å²) in [6.45, 7) is 4.90. The van der Waals surface area contributed by atoms with Crippen LogP contribution in [0.4, 0.5) is 5.69 Å². The number of benzene rings is 2. The third kappa shape index (κ3) is 5.94. The number of anilines is 1. The van der Waals surface area contributed by atoms with Crippen LogP contribution >= 0.6 is 0 Å². The van der Waals surface area contributed by atoms with Crippen LogP contribution in [0.3, 0.4) is 0 Å². The summed E-state index contributed by atoms with van der Waals surface area (Å²) in [6.07, 6.45) is 2.68. The zero-order valence-corrected chi connectivity index (χ0v) is 20.4. The van der Waals surface area contributed by atoms with Crippen LogP contribution in [-0.2, 0) is 19.6 Å². The smallest absolute Gasteiger partial charge is 0.338 e. The first kappa shape index (κ1) is 25.2. The summed E-state index contributed by atoms with van der Waals surface area (Å²) < 4.78 is 33.8. The van der Waals surface area contributed by atoms with Gasteiger partial charge >= 0.3 is 5.97 Å². The van der Waals surface area contributed by atoms with Crippen LogP contribution in [0.15, 0.2) is 47.4 Å². The third-order valence-corrected chi connectivity index (χ3v) is 7.44. The van der Waals surface area contributed by atoms with Crippen LogP contribution in [0.1, 0.15) is 60.5 Å². The van der Waals surface area contributed by atoms with Gasteiger partial charge in [-0.3, -0.25) is 9.52 Å². The van der Waals surface area contributed by atoms with E-state index in [9.17, 15) is 23.3 Å². The lowest BCUT2D eigenvalue weighted by atomic mass is 9.83. The van der Waals surface area contributed by atoms with E-state index in [4.69, 9.17) is 4.74 Å². The lowest BCUT2D eigenvalue weighted by molar-refractivity contribution is -0.130. The quantitative estimate of drug-likeness (QED) is 0.574. The van der Waals surface area contributed by atoms with Gasteiger partial charge in [0, 0.05) is 5.69 Å². The fourth-order valence-electron chi connectivity index (χ4n) is 3.97. The summed E-state index contributed by atoms with van der Waals surface area (Å²) >= 11 is 0. The molecule has 0 aliphatic heterocycles. The van der Waals surface area contributed by atoms with E-state index in [1.807, 2.05) is 13.0 Å². The highest BCUT2D eigenvalue weighted by Crippen LogP contribution is 2.28. The van der Waals surface area contributed by atoms with Crippen molar-refractivity contribution in [2.45, 2.75) is 69.4 Å². The number of carbonyl (C=O) groups excluding carboxylic acids is 2. The number of nitriles is 1. The first-order chi connectivity index (χ1) is 16.0. The van der Waals surface area contributed by atoms with Gasteiger partial charge in [-0.05, 0) is 69.0 Å². The average molecular weight is 484 g/mol. The second-order valence-electron chi connectivity index (χ2n) is 8.75. The molecule has 34 heavy (non-hydrogen) atoms. The van der Waals surface area contributed by atoms with E-state index >= 15 is 0 Å². The van der Waals surface area contributed by atoms with Crippen molar-refractivity contribution < 1.29 is 22.7 Å². The van der Waals surface area contributed by atoms with Crippen molar-refractivity contribution in [1.29, 1.82) is 5.26 Å². The van der Waals surface area contributed by atoms with Crippen molar-refractivity contribution in [1.82, 2.24) is 5.32 Å². The molecule has 1 aliphatic carbocycles. The predicted octanol–water partition coefficient (Wildman–Crippen LogP) is 3.99. The van der Waals surface area contributed by atoms with E-state index in [0.29, 0.717) is 24.1 Å². The van der Waals surface area contributed by atoms with Crippen molar-refractivity contribution in [3.8, 4) is 6.07 Å². The summed E-state index contributed by atoms with van der Waals surface area (Å²) in [7, 11) is -3.97. The van der Waals surface area contributed by atoms with Gasteiger partial charge < -0.3 is 10.1 Å². The Morgan fingerprint density at radius 3 is 2.44 bits per heavy atom. The highest BCUT2D eigenvalue weighted by molar-refractivity contribution is 7.92. The maximum absolute atomic E-state index is 13.0. The van der Waals surface area contributed by atoms with Gasteiger partial charge in [-0.15, -0.1) is 0 Å². The Balaban J connectivity index is 1.73. The molecule has 1 fully saturated rings. The third-order valence-electron chi connectivity index (χ3n) is 5.92. The maximum atomic E-state index is 13.0. The second-order valence-corrected chi connectivity index (χ2v) is 10.4. The molecular formula is C25H29N3O5S. The molecule has 1 unspecified atom stereocenters. The van der Waals surface area contributed by atoms with Crippen LogP contribution in [0, 0.1) is 25.2 Å². The van der Waals surface area contributed by atoms with E-state index in [1.54, 1.807) is 25.1 Å². The zero-order valence-electron chi connectivity index (χ0n) is 19.6. The lowest BCUT2D eigenvalue weighted by Crippen LogP contribution is -2.52. The van der Waals surface area contributed by atoms with Gasteiger partial charge in [-0.25, -0.2) is 13.2 Å². The van der Waals surface area contributed by atoms with Crippen molar-refractivity contribution in [2.75, 3.05) is 4.72 Å². The van der Waals surface area contributed by atoms with Gasteiger partial charge in [0.15, 0.2) is 6.10 Å². The van der Waals surface area contributed by atoms with Crippen molar-refractivity contribution in [3.63, 3.8) is 0 Å². The van der Waals surface area contributed by atoms with Crippen LogP contribution < -0.4 is 10.0 Å². The van der Waals surface area contributed by atoms with Gasteiger partial charge in [-0.2, -0.15) is 5.26 Å². The van der Waals surface area contributed by atoms with Crippen LogP contribution in [0.25, 0.3) is 0 Å². The number of rotatable bonds is 7. The van der Waals surface area contributed by atoms with Crippen LogP contribution in [-0.4, -0.2) is 31.9 Å². The monoisotopic (exact) mass is 483 g/mol. The van der Waals surface area contributed by atoms with Gasteiger partial charge in [0.25, 0.3) is 15.9 Å². The van der Waals surface area contributed by atoms with E-state index in [0.717, 1.165) is 24.8 Å². The lowest BCUT2D eigenvalue weighted by Gasteiger charge is -2.32. The minimum absolute atomic E-state index is 0.00234. The Labute approximate surface area is 200 Å². The minimum Gasteiger partial charge on any atom is -0.449 e. The molecule has 0 spiro atoms. The Morgan fingerprint density at radius 1 is 1.09 bits per heavy atom. The first-order valence-corrected chi connectivity index (χ1v) is 12.7. The second kappa shape index (κ2) is 10.3. The highest BCUT2D eigenvalue weighted by atomic mass is 32.2. The maximum Gasteiger partial charge on any atom is 0.338 e. The summed E-state index contributed by atoms with van der Waals surface area (Å²) in [5.41, 5.74) is 0.820. The molecule has 180 valence electrons. The molecule has 2 aromatic carbocycles. The molecule has 0 radical (unpaired) electrons. The van der Waals surface area contributed by atoms with E-state index in [1.165, 1.54) is 25.1 Å². The molecule has 0 aromatic heterocycles. The minimum atomic E-state index is -3.97.